The summed E-state index contributed by atoms with van der Waals surface area (Å²) < 4.78 is 0. The molecule has 6 heteroatoms. The largest absolute Gasteiger partial charge is 0.481 e. The zero-order valence-electron chi connectivity index (χ0n) is 6.10. The Kier molecular flexibility index (Phi) is 2.30. The van der Waals surface area contributed by atoms with E-state index in [0.717, 1.165) is 0 Å². The topological polar surface area (TPSA) is 107 Å². The van der Waals surface area contributed by atoms with Gasteiger partial charge in [0.2, 0.25) is 0 Å². The second kappa shape index (κ2) is 3.08. The third kappa shape index (κ3) is 1.54. The van der Waals surface area contributed by atoms with Gasteiger partial charge in [-0.25, -0.2) is 0 Å². The van der Waals surface area contributed by atoms with Gasteiger partial charge < -0.3 is 20.6 Å². The average molecular weight is 175 g/mol. The minimum Gasteiger partial charge on any atom is -0.481 e. The summed E-state index contributed by atoms with van der Waals surface area (Å²) in [7, 11) is 0. The maximum atomic E-state index is 10.7. The molecule has 0 aromatic carbocycles. The SMILES string of the molecule is O=C(O)CC1NC(=O)C(O)C1O. The Balaban J connectivity index is 2.58. The van der Waals surface area contributed by atoms with E-state index in [1.54, 1.807) is 0 Å². The van der Waals surface area contributed by atoms with Crippen molar-refractivity contribution in [3.63, 3.8) is 0 Å². The first-order chi connectivity index (χ1) is 5.52. The van der Waals surface area contributed by atoms with Crippen LogP contribution >= 0.6 is 0 Å². The van der Waals surface area contributed by atoms with Gasteiger partial charge in [-0.3, -0.25) is 9.59 Å². The van der Waals surface area contributed by atoms with Crippen molar-refractivity contribution in [2.75, 3.05) is 0 Å². The molecule has 1 saturated heterocycles. The van der Waals surface area contributed by atoms with Crippen LogP contribution in [0.15, 0.2) is 0 Å². The molecule has 68 valence electrons. The van der Waals surface area contributed by atoms with Crippen molar-refractivity contribution >= 4 is 11.9 Å². The number of nitrogens with one attached hydrogen (secondary N) is 1. The summed E-state index contributed by atoms with van der Waals surface area (Å²) >= 11 is 0. The van der Waals surface area contributed by atoms with Crippen molar-refractivity contribution in [1.29, 1.82) is 0 Å². The highest BCUT2D eigenvalue weighted by atomic mass is 16.4. The lowest BCUT2D eigenvalue weighted by molar-refractivity contribution is -0.138. The molecule has 1 amide bonds. The van der Waals surface area contributed by atoms with Crippen molar-refractivity contribution in [1.82, 2.24) is 5.32 Å². The minimum atomic E-state index is -1.51. The summed E-state index contributed by atoms with van der Waals surface area (Å²) in [4.78, 5) is 20.8. The van der Waals surface area contributed by atoms with Crippen molar-refractivity contribution < 1.29 is 24.9 Å². The maximum absolute atomic E-state index is 10.7. The smallest absolute Gasteiger partial charge is 0.305 e. The quantitative estimate of drug-likeness (QED) is 0.377. The van der Waals surface area contributed by atoms with Crippen LogP contribution in [0.25, 0.3) is 0 Å². The van der Waals surface area contributed by atoms with Crippen molar-refractivity contribution in [3.8, 4) is 0 Å². The number of carboxylic acid groups (broad SMARTS) is 1. The van der Waals surface area contributed by atoms with Crippen LogP contribution in [0.3, 0.4) is 0 Å². The van der Waals surface area contributed by atoms with Gasteiger partial charge in [0.15, 0.2) is 6.10 Å². The second-order valence-corrected chi connectivity index (χ2v) is 2.65. The van der Waals surface area contributed by atoms with Crippen LogP contribution in [0.4, 0.5) is 0 Å². The summed E-state index contributed by atoms with van der Waals surface area (Å²) in [5.41, 5.74) is 0. The zero-order chi connectivity index (χ0) is 9.30. The number of aliphatic hydroxyl groups is 2. The molecule has 1 rings (SSSR count). The Hall–Kier alpha value is -1.14. The van der Waals surface area contributed by atoms with E-state index in [4.69, 9.17) is 15.3 Å². The lowest BCUT2D eigenvalue weighted by Crippen LogP contribution is -2.34. The molecule has 3 atom stereocenters. The molecule has 12 heavy (non-hydrogen) atoms. The fourth-order valence-electron chi connectivity index (χ4n) is 1.09. The number of amides is 1. The first-order valence-corrected chi connectivity index (χ1v) is 3.40. The van der Waals surface area contributed by atoms with Gasteiger partial charge in [0.25, 0.3) is 5.91 Å². The predicted octanol–water partition coefficient (Wildman–Crippen LogP) is -2.32. The van der Waals surface area contributed by atoms with E-state index >= 15 is 0 Å². The summed E-state index contributed by atoms with van der Waals surface area (Å²) in [6.45, 7) is 0. The van der Waals surface area contributed by atoms with Gasteiger partial charge in [-0.2, -0.15) is 0 Å². The molecular weight excluding hydrogens is 166 g/mol. The molecule has 0 radical (unpaired) electrons. The molecule has 0 saturated carbocycles. The Bertz CT molecular complexity index is 214. The number of hydrogen-bond donors (Lipinski definition) is 4. The normalized spacial score (nSPS) is 34.8. The summed E-state index contributed by atoms with van der Waals surface area (Å²) in [6.07, 6.45) is -3.22. The van der Waals surface area contributed by atoms with E-state index in [1.165, 1.54) is 0 Å². The lowest BCUT2D eigenvalue weighted by atomic mass is 10.1. The summed E-state index contributed by atoms with van der Waals surface area (Å²) in [6, 6.07) is -0.884. The third-order valence-corrected chi connectivity index (χ3v) is 1.73. The third-order valence-electron chi connectivity index (χ3n) is 1.73. The number of hydrogen-bond acceptors (Lipinski definition) is 4. The molecule has 0 aromatic heterocycles. The van der Waals surface area contributed by atoms with Gasteiger partial charge in [0, 0.05) is 0 Å². The molecule has 6 nitrogen and oxygen atoms in total. The first kappa shape index (κ1) is 8.95. The zero-order valence-corrected chi connectivity index (χ0v) is 6.10. The molecule has 0 aromatic rings. The molecule has 4 N–H and O–H groups in total. The summed E-state index contributed by atoms with van der Waals surface area (Å²) in [5.74, 6) is -1.86. The highest BCUT2D eigenvalue weighted by molar-refractivity contribution is 5.85. The highest BCUT2D eigenvalue weighted by Gasteiger charge is 2.40. The number of carbonyl (C=O) groups is 2. The molecule has 0 aliphatic carbocycles. The predicted molar refractivity (Wildman–Crippen MR) is 36.2 cm³/mol. The molecular formula is C6H9NO5. The first-order valence-electron chi connectivity index (χ1n) is 3.40. The fourth-order valence-corrected chi connectivity index (χ4v) is 1.09. The van der Waals surface area contributed by atoms with Gasteiger partial charge in [-0.05, 0) is 0 Å². The van der Waals surface area contributed by atoms with Crippen molar-refractivity contribution in [2.45, 2.75) is 24.7 Å². The monoisotopic (exact) mass is 175 g/mol. The standard InChI is InChI=1S/C6H9NO5/c8-3(9)1-2-4(10)5(11)6(12)7-2/h2,4-5,10-11H,1H2,(H,7,12)(H,8,9). The summed E-state index contributed by atoms with van der Waals surface area (Å²) in [5, 5.41) is 28.5. The number of aliphatic hydroxyl groups excluding tert-OH is 2. The fraction of sp³-hybridized carbons (Fsp3) is 0.667. The van der Waals surface area contributed by atoms with E-state index in [0.29, 0.717) is 0 Å². The van der Waals surface area contributed by atoms with Gasteiger partial charge in [0.1, 0.15) is 6.10 Å². The number of carbonyl (C=O) groups excluding carboxylic acids is 1. The van der Waals surface area contributed by atoms with Crippen molar-refractivity contribution in [3.05, 3.63) is 0 Å². The van der Waals surface area contributed by atoms with E-state index < -0.39 is 30.1 Å². The van der Waals surface area contributed by atoms with E-state index in [1.807, 2.05) is 0 Å². The molecule has 0 spiro atoms. The maximum Gasteiger partial charge on any atom is 0.305 e. The minimum absolute atomic E-state index is 0.385. The molecule has 1 aliphatic rings. The Labute approximate surface area is 67.8 Å². The highest BCUT2D eigenvalue weighted by Crippen LogP contribution is 2.11. The van der Waals surface area contributed by atoms with E-state index in [-0.39, 0.29) is 6.42 Å². The van der Waals surface area contributed by atoms with Gasteiger partial charge in [0.05, 0.1) is 12.5 Å². The van der Waals surface area contributed by atoms with E-state index in [9.17, 15) is 9.59 Å². The van der Waals surface area contributed by atoms with Crippen LogP contribution in [0.2, 0.25) is 0 Å². The molecule has 3 unspecified atom stereocenters. The Morgan fingerprint density at radius 1 is 1.50 bits per heavy atom. The lowest BCUT2D eigenvalue weighted by Gasteiger charge is -2.11. The van der Waals surface area contributed by atoms with Crippen LogP contribution < -0.4 is 5.32 Å². The van der Waals surface area contributed by atoms with Crippen LogP contribution in [-0.4, -0.2) is 45.4 Å². The second-order valence-electron chi connectivity index (χ2n) is 2.65. The molecule has 1 aliphatic heterocycles. The van der Waals surface area contributed by atoms with Crippen LogP contribution in [0.5, 0.6) is 0 Å². The van der Waals surface area contributed by atoms with E-state index in [2.05, 4.69) is 5.32 Å². The van der Waals surface area contributed by atoms with Gasteiger partial charge in [-0.15, -0.1) is 0 Å². The van der Waals surface area contributed by atoms with Gasteiger partial charge >= 0.3 is 5.97 Å². The van der Waals surface area contributed by atoms with Crippen LogP contribution in [0.1, 0.15) is 6.42 Å². The number of aliphatic carboxylic acids is 1. The van der Waals surface area contributed by atoms with Crippen molar-refractivity contribution in [2.24, 2.45) is 0 Å². The molecule has 1 fully saturated rings. The van der Waals surface area contributed by atoms with Crippen LogP contribution in [-0.2, 0) is 9.59 Å². The Morgan fingerprint density at radius 3 is 2.42 bits per heavy atom. The number of carboxylic acids is 1. The Morgan fingerprint density at radius 2 is 2.08 bits per heavy atom. The number of rotatable bonds is 2. The van der Waals surface area contributed by atoms with Crippen LogP contribution in [0, 0.1) is 0 Å². The molecule has 0 bridgehead atoms. The molecule has 1 heterocycles. The van der Waals surface area contributed by atoms with Gasteiger partial charge in [-0.1, -0.05) is 0 Å². The average Bonchev–Trinajstić information content (AvgIpc) is 2.17.